The van der Waals surface area contributed by atoms with Gasteiger partial charge in [-0.05, 0) is 23.8 Å². The van der Waals surface area contributed by atoms with Crippen LogP contribution in [0.15, 0.2) is 48.5 Å². The summed E-state index contributed by atoms with van der Waals surface area (Å²) >= 11 is 0. The van der Waals surface area contributed by atoms with E-state index in [2.05, 4.69) is 10.6 Å². The molecule has 2 aromatic carbocycles. The van der Waals surface area contributed by atoms with E-state index in [0.717, 1.165) is 22.6 Å². The molecule has 120 valence electrons. The lowest BCUT2D eigenvalue weighted by Gasteiger charge is -2.10. The summed E-state index contributed by atoms with van der Waals surface area (Å²) in [5.41, 5.74) is 2.54. The third kappa shape index (κ3) is 5.14. The van der Waals surface area contributed by atoms with E-state index >= 15 is 0 Å². The van der Waals surface area contributed by atoms with E-state index in [1.165, 1.54) is 6.92 Å². The van der Waals surface area contributed by atoms with E-state index in [1.54, 1.807) is 19.2 Å². The SMILES string of the molecule is COc1ccccc1CNC(=O)Cc1ccc(NC(C)=O)cc1. The van der Waals surface area contributed by atoms with Crippen LogP contribution in [-0.4, -0.2) is 18.9 Å². The number of carbonyl (C=O) groups is 2. The number of hydrogen-bond acceptors (Lipinski definition) is 3. The summed E-state index contributed by atoms with van der Waals surface area (Å²) in [6, 6.07) is 14.8. The fourth-order valence-electron chi connectivity index (χ4n) is 2.20. The number of para-hydroxylation sites is 1. The van der Waals surface area contributed by atoms with Gasteiger partial charge >= 0.3 is 0 Å². The molecule has 2 N–H and O–H groups in total. The van der Waals surface area contributed by atoms with Gasteiger partial charge in [0.25, 0.3) is 0 Å². The summed E-state index contributed by atoms with van der Waals surface area (Å²) < 4.78 is 5.25. The van der Waals surface area contributed by atoms with Crippen LogP contribution in [0.2, 0.25) is 0 Å². The number of methoxy groups -OCH3 is 1. The molecule has 0 aliphatic carbocycles. The molecule has 0 aromatic heterocycles. The fraction of sp³-hybridized carbons (Fsp3) is 0.222. The van der Waals surface area contributed by atoms with Crippen LogP contribution in [0, 0.1) is 0 Å². The minimum atomic E-state index is -0.118. The van der Waals surface area contributed by atoms with Crippen LogP contribution in [0.25, 0.3) is 0 Å². The number of carbonyl (C=O) groups excluding carboxylic acids is 2. The number of nitrogens with one attached hydrogen (secondary N) is 2. The van der Waals surface area contributed by atoms with Gasteiger partial charge in [-0.2, -0.15) is 0 Å². The van der Waals surface area contributed by atoms with E-state index in [-0.39, 0.29) is 18.2 Å². The summed E-state index contributed by atoms with van der Waals surface area (Å²) in [5.74, 6) is 0.572. The Bertz CT molecular complexity index is 681. The Hall–Kier alpha value is -2.82. The van der Waals surface area contributed by atoms with Crippen LogP contribution >= 0.6 is 0 Å². The van der Waals surface area contributed by atoms with Crippen LogP contribution in [0.1, 0.15) is 18.1 Å². The van der Waals surface area contributed by atoms with Gasteiger partial charge in [0.2, 0.25) is 11.8 Å². The zero-order chi connectivity index (χ0) is 16.7. The monoisotopic (exact) mass is 312 g/mol. The Labute approximate surface area is 135 Å². The molecule has 5 heteroatoms. The van der Waals surface area contributed by atoms with E-state index in [9.17, 15) is 9.59 Å². The maximum absolute atomic E-state index is 12.0. The second kappa shape index (κ2) is 7.98. The standard InChI is InChI=1S/C18H20N2O3/c1-13(21)20-16-9-7-14(8-10-16)11-18(22)19-12-15-5-3-4-6-17(15)23-2/h3-10H,11-12H2,1-2H3,(H,19,22)(H,20,21). The van der Waals surface area contributed by atoms with Gasteiger partial charge < -0.3 is 15.4 Å². The van der Waals surface area contributed by atoms with Crippen molar-refractivity contribution in [1.29, 1.82) is 0 Å². The summed E-state index contributed by atoms with van der Waals surface area (Å²) in [5, 5.41) is 5.57. The third-order valence-corrected chi connectivity index (χ3v) is 3.31. The van der Waals surface area contributed by atoms with Crippen molar-refractivity contribution in [2.24, 2.45) is 0 Å². The van der Waals surface area contributed by atoms with Gasteiger partial charge in [0.05, 0.1) is 13.5 Å². The van der Waals surface area contributed by atoms with Gasteiger partial charge in [-0.3, -0.25) is 9.59 Å². The molecule has 0 saturated carbocycles. The van der Waals surface area contributed by atoms with Crippen molar-refractivity contribution in [3.05, 3.63) is 59.7 Å². The Balaban J connectivity index is 1.88. The highest BCUT2D eigenvalue weighted by atomic mass is 16.5. The van der Waals surface area contributed by atoms with Crippen molar-refractivity contribution in [1.82, 2.24) is 5.32 Å². The molecule has 2 rings (SSSR count). The molecule has 0 atom stereocenters. The lowest BCUT2D eigenvalue weighted by atomic mass is 10.1. The number of ether oxygens (including phenoxy) is 1. The maximum Gasteiger partial charge on any atom is 0.224 e. The molecule has 2 amide bonds. The smallest absolute Gasteiger partial charge is 0.224 e. The molecular formula is C18H20N2O3. The fourth-order valence-corrected chi connectivity index (χ4v) is 2.20. The zero-order valence-electron chi connectivity index (χ0n) is 13.3. The minimum absolute atomic E-state index is 0.0665. The first-order valence-corrected chi connectivity index (χ1v) is 7.33. The van der Waals surface area contributed by atoms with Gasteiger partial charge in [-0.25, -0.2) is 0 Å². The van der Waals surface area contributed by atoms with Crippen molar-refractivity contribution >= 4 is 17.5 Å². The quantitative estimate of drug-likeness (QED) is 0.861. The van der Waals surface area contributed by atoms with Crippen LogP contribution < -0.4 is 15.4 Å². The molecule has 0 aliphatic rings. The third-order valence-electron chi connectivity index (χ3n) is 3.31. The van der Waals surface area contributed by atoms with Crippen molar-refractivity contribution in [2.45, 2.75) is 19.9 Å². The van der Waals surface area contributed by atoms with E-state index in [0.29, 0.717) is 6.54 Å². The number of benzene rings is 2. The molecule has 0 spiro atoms. The van der Waals surface area contributed by atoms with Gasteiger partial charge in [-0.1, -0.05) is 30.3 Å². The molecule has 0 unspecified atom stereocenters. The molecule has 0 fully saturated rings. The topological polar surface area (TPSA) is 67.4 Å². The Morgan fingerprint density at radius 1 is 1.04 bits per heavy atom. The average Bonchev–Trinajstić information content (AvgIpc) is 2.54. The van der Waals surface area contributed by atoms with E-state index in [4.69, 9.17) is 4.74 Å². The second-order valence-corrected chi connectivity index (χ2v) is 5.14. The summed E-state index contributed by atoms with van der Waals surface area (Å²) in [6.07, 6.45) is 0.287. The highest BCUT2D eigenvalue weighted by Crippen LogP contribution is 2.16. The highest BCUT2D eigenvalue weighted by molar-refractivity contribution is 5.88. The van der Waals surface area contributed by atoms with E-state index in [1.807, 2.05) is 36.4 Å². The van der Waals surface area contributed by atoms with Gasteiger partial charge in [0, 0.05) is 24.7 Å². The van der Waals surface area contributed by atoms with Gasteiger partial charge in [0.15, 0.2) is 0 Å². The highest BCUT2D eigenvalue weighted by Gasteiger charge is 2.06. The predicted octanol–water partition coefficient (Wildman–Crippen LogP) is 2.51. The summed E-state index contributed by atoms with van der Waals surface area (Å²) in [6.45, 7) is 1.88. The second-order valence-electron chi connectivity index (χ2n) is 5.14. The predicted molar refractivity (Wildman–Crippen MR) is 89.3 cm³/mol. The molecule has 0 bridgehead atoms. The molecular weight excluding hydrogens is 292 g/mol. The molecule has 0 heterocycles. The molecule has 23 heavy (non-hydrogen) atoms. The van der Waals surface area contributed by atoms with Crippen molar-refractivity contribution in [2.75, 3.05) is 12.4 Å². The average molecular weight is 312 g/mol. The van der Waals surface area contributed by atoms with Gasteiger partial charge in [0.1, 0.15) is 5.75 Å². The van der Waals surface area contributed by atoms with Crippen molar-refractivity contribution in [3.63, 3.8) is 0 Å². The number of anilines is 1. The lowest BCUT2D eigenvalue weighted by molar-refractivity contribution is -0.120. The van der Waals surface area contributed by atoms with Crippen molar-refractivity contribution in [3.8, 4) is 5.75 Å². The number of amides is 2. The first kappa shape index (κ1) is 16.5. The summed E-state index contributed by atoms with van der Waals surface area (Å²) in [4.78, 5) is 23.0. The Kier molecular flexibility index (Phi) is 5.74. The Morgan fingerprint density at radius 3 is 2.39 bits per heavy atom. The molecule has 0 aliphatic heterocycles. The van der Waals surface area contributed by atoms with Crippen LogP contribution in [-0.2, 0) is 22.6 Å². The molecule has 5 nitrogen and oxygen atoms in total. The zero-order valence-corrected chi connectivity index (χ0v) is 13.3. The minimum Gasteiger partial charge on any atom is -0.496 e. The normalized spacial score (nSPS) is 10.0. The van der Waals surface area contributed by atoms with Gasteiger partial charge in [-0.15, -0.1) is 0 Å². The Morgan fingerprint density at radius 2 is 1.74 bits per heavy atom. The first-order chi connectivity index (χ1) is 11.1. The van der Waals surface area contributed by atoms with Crippen LogP contribution in [0.5, 0.6) is 5.75 Å². The largest absolute Gasteiger partial charge is 0.496 e. The van der Waals surface area contributed by atoms with Crippen molar-refractivity contribution < 1.29 is 14.3 Å². The molecule has 0 radical (unpaired) electrons. The van der Waals surface area contributed by atoms with Crippen LogP contribution in [0.4, 0.5) is 5.69 Å². The summed E-state index contributed by atoms with van der Waals surface area (Å²) in [7, 11) is 1.61. The number of rotatable bonds is 6. The number of hydrogen-bond donors (Lipinski definition) is 2. The maximum atomic E-state index is 12.0. The lowest BCUT2D eigenvalue weighted by Crippen LogP contribution is -2.24. The van der Waals surface area contributed by atoms with Crippen LogP contribution in [0.3, 0.4) is 0 Å². The first-order valence-electron chi connectivity index (χ1n) is 7.33. The van der Waals surface area contributed by atoms with E-state index < -0.39 is 0 Å². The molecule has 2 aromatic rings. The molecule has 0 saturated heterocycles.